The smallest absolute Gasteiger partial charge is 0.307 e. The number of rotatable bonds is 2. The molecule has 5 heteroatoms. The highest BCUT2D eigenvalue weighted by Crippen LogP contribution is 2.28. The number of hydrogen-bond acceptors (Lipinski definition) is 3. The van der Waals surface area contributed by atoms with Crippen LogP contribution in [0.3, 0.4) is 0 Å². The molecule has 5 nitrogen and oxygen atoms in total. The van der Waals surface area contributed by atoms with Crippen LogP contribution in [0, 0.1) is 0 Å². The Kier molecular flexibility index (Phi) is 2.35. The van der Waals surface area contributed by atoms with Crippen LogP contribution in [0.1, 0.15) is 26.4 Å². The van der Waals surface area contributed by atoms with Gasteiger partial charge in [-0.1, -0.05) is 18.2 Å². The number of aromatic nitrogens is 1. The van der Waals surface area contributed by atoms with Crippen molar-refractivity contribution in [2.24, 2.45) is 0 Å². The summed E-state index contributed by atoms with van der Waals surface area (Å²) in [4.78, 5) is 37.3. The first-order chi connectivity index (χ1) is 9.08. The number of fused-ring (bicyclic) bond motifs is 3. The second-order valence-electron chi connectivity index (χ2n) is 4.35. The van der Waals surface area contributed by atoms with Gasteiger partial charge in [0.25, 0.3) is 0 Å². The zero-order valence-electron chi connectivity index (χ0n) is 9.77. The molecule has 2 aromatic rings. The van der Waals surface area contributed by atoms with E-state index >= 15 is 0 Å². The Morgan fingerprint density at radius 2 is 1.89 bits per heavy atom. The van der Waals surface area contributed by atoms with E-state index in [1.165, 1.54) is 12.2 Å². The van der Waals surface area contributed by atoms with Crippen molar-refractivity contribution < 1.29 is 19.5 Å². The van der Waals surface area contributed by atoms with Crippen LogP contribution >= 0.6 is 0 Å². The van der Waals surface area contributed by atoms with Gasteiger partial charge in [-0.05, 0) is 17.7 Å². The van der Waals surface area contributed by atoms with Gasteiger partial charge in [0.2, 0.25) is 5.78 Å². The summed E-state index contributed by atoms with van der Waals surface area (Å²) in [5, 5.41) is 9.47. The van der Waals surface area contributed by atoms with E-state index in [2.05, 4.69) is 4.98 Å². The molecule has 1 aliphatic carbocycles. The maximum atomic E-state index is 11.9. The second kappa shape index (κ2) is 3.91. The second-order valence-corrected chi connectivity index (χ2v) is 4.35. The lowest BCUT2D eigenvalue weighted by Crippen LogP contribution is -2.09. The Labute approximate surface area is 107 Å². The first-order valence-corrected chi connectivity index (χ1v) is 5.70. The Bertz CT molecular complexity index is 767. The van der Waals surface area contributed by atoms with Crippen molar-refractivity contribution in [1.82, 2.24) is 4.98 Å². The first-order valence-electron chi connectivity index (χ1n) is 5.70. The van der Waals surface area contributed by atoms with Gasteiger partial charge in [-0.3, -0.25) is 14.4 Å². The molecule has 0 amide bonds. The number of nitrogens with one attached hydrogen (secondary N) is 1. The van der Waals surface area contributed by atoms with E-state index in [1.807, 2.05) is 0 Å². The highest BCUT2D eigenvalue weighted by molar-refractivity contribution is 6.27. The third kappa shape index (κ3) is 1.67. The van der Waals surface area contributed by atoms with Crippen LogP contribution in [-0.4, -0.2) is 27.6 Å². The summed E-state index contributed by atoms with van der Waals surface area (Å²) in [6.07, 6.45) is 2.30. The number of benzene rings is 1. The molecule has 1 heterocycles. The predicted molar refractivity (Wildman–Crippen MR) is 67.4 cm³/mol. The number of carbonyl (C=O) groups excluding carboxylic acids is 2. The Morgan fingerprint density at radius 1 is 1.16 bits per heavy atom. The number of hydrogen-bond donors (Lipinski definition) is 2. The summed E-state index contributed by atoms with van der Waals surface area (Å²) in [5.41, 5.74) is 1.66. The van der Waals surface area contributed by atoms with Crippen LogP contribution < -0.4 is 0 Å². The third-order valence-corrected chi connectivity index (χ3v) is 3.14. The third-order valence-electron chi connectivity index (χ3n) is 3.14. The monoisotopic (exact) mass is 255 g/mol. The van der Waals surface area contributed by atoms with Crippen molar-refractivity contribution in [3.63, 3.8) is 0 Å². The molecule has 1 aromatic carbocycles. The fourth-order valence-corrected chi connectivity index (χ4v) is 2.35. The number of H-pyrrole nitrogens is 1. The summed E-state index contributed by atoms with van der Waals surface area (Å²) >= 11 is 0. The predicted octanol–water partition coefficient (Wildman–Crippen LogP) is 1.73. The molecule has 0 fully saturated rings. The minimum atomic E-state index is -0.962. The molecule has 3 rings (SSSR count). The Hall–Kier alpha value is -2.69. The van der Waals surface area contributed by atoms with Gasteiger partial charge in [0.05, 0.1) is 23.2 Å². The van der Waals surface area contributed by atoms with Gasteiger partial charge in [-0.2, -0.15) is 0 Å². The lowest BCUT2D eigenvalue weighted by molar-refractivity contribution is -0.136. The van der Waals surface area contributed by atoms with Gasteiger partial charge in [0.1, 0.15) is 0 Å². The van der Waals surface area contributed by atoms with Crippen molar-refractivity contribution in [3.05, 3.63) is 47.2 Å². The standard InChI is InChI=1S/C14H9NO4/c16-9-4-5-10(17)14-12(9)8-3-1-2-7(6-11(18)19)13(8)15-14/h1-5,15H,6H2,(H,18,19). The van der Waals surface area contributed by atoms with Crippen LogP contribution in [0.5, 0.6) is 0 Å². The molecule has 0 saturated carbocycles. The average molecular weight is 255 g/mol. The number of carboxylic acid groups (broad SMARTS) is 1. The maximum absolute atomic E-state index is 11.9. The summed E-state index contributed by atoms with van der Waals surface area (Å²) < 4.78 is 0. The summed E-state index contributed by atoms with van der Waals surface area (Å²) in [7, 11) is 0. The van der Waals surface area contributed by atoms with Crippen molar-refractivity contribution >= 4 is 28.4 Å². The number of aliphatic carboxylic acids is 1. The van der Waals surface area contributed by atoms with Crippen molar-refractivity contribution in [3.8, 4) is 0 Å². The van der Waals surface area contributed by atoms with Crippen molar-refractivity contribution in [2.75, 3.05) is 0 Å². The fourth-order valence-electron chi connectivity index (χ4n) is 2.35. The summed E-state index contributed by atoms with van der Waals surface area (Å²) in [6.45, 7) is 0. The minimum Gasteiger partial charge on any atom is -0.481 e. The molecular formula is C14H9NO4. The van der Waals surface area contributed by atoms with Crippen molar-refractivity contribution in [2.45, 2.75) is 6.42 Å². The van der Waals surface area contributed by atoms with Gasteiger partial charge in [0, 0.05) is 5.39 Å². The minimum absolute atomic E-state index is 0.160. The fraction of sp³-hybridized carbons (Fsp3) is 0.0714. The lowest BCUT2D eigenvalue weighted by Gasteiger charge is -2.02. The SMILES string of the molecule is O=C(O)Cc1cccc2c3c([nH]c12)C(=O)C=CC3=O. The van der Waals surface area contributed by atoms with Gasteiger partial charge in [-0.25, -0.2) is 0 Å². The number of ketones is 2. The zero-order chi connectivity index (χ0) is 13.6. The van der Waals surface area contributed by atoms with E-state index in [-0.39, 0.29) is 23.7 Å². The molecule has 0 aliphatic heterocycles. The number of carboxylic acids is 1. The van der Waals surface area contributed by atoms with Crippen molar-refractivity contribution in [1.29, 1.82) is 0 Å². The number of allylic oxidation sites excluding steroid dienone is 2. The topological polar surface area (TPSA) is 87.2 Å². The van der Waals surface area contributed by atoms with Crippen LogP contribution in [0.15, 0.2) is 30.4 Å². The van der Waals surface area contributed by atoms with E-state index in [1.54, 1.807) is 18.2 Å². The van der Waals surface area contributed by atoms with E-state index in [0.29, 0.717) is 22.0 Å². The molecule has 1 aromatic heterocycles. The number of aromatic amines is 1. The Balaban J connectivity index is 2.31. The van der Waals surface area contributed by atoms with Crippen LogP contribution in [-0.2, 0) is 11.2 Å². The molecule has 2 N–H and O–H groups in total. The van der Waals surface area contributed by atoms with E-state index in [4.69, 9.17) is 5.11 Å². The van der Waals surface area contributed by atoms with E-state index in [9.17, 15) is 14.4 Å². The molecule has 94 valence electrons. The molecule has 1 aliphatic rings. The van der Waals surface area contributed by atoms with Crippen LogP contribution in [0.4, 0.5) is 0 Å². The van der Waals surface area contributed by atoms with Gasteiger partial charge < -0.3 is 10.1 Å². The largest absolute Gasteiger partial charge is 0.481 e. The molecular weight excluding hydrogens is 246 g/mol. The number of carbonyl (C=O) groups is 3. The van der Waals surface area contributed by atoms with Gasteiger partial charge >= 0.3 is 5.97 Å². The zero-order valence-corrected chi connectivity index (χ0v) is 9.77. The molecule has 0 radical (unpaired) electrons. The molecule has 0 spiro atoms. The molecule has 0 atom stereocenters. The van der Waals surface area contributed by atoms with E-state index in [0.717, 1.165) is 0 Å². The van der Waals surface area contributed by atoms with E-state index < -0.39 is 5.97 Å². The van der Waals surface area contributed by atoms with Gasteiger partial charge in [0.15, 0.2) is 5.78 Å². The Morgan fingerprint density at radius 3 is 2.63 bits per heavy atom. The highest BCUT2D eigenvalue weighted by atomic mass is 16.4. The molecule has 0 bridgehead atoms. The number of para-hydroxylation sites is 1. The lowest BCUT2D eigenvalue weighted by atomic mass is 9.98. The molecule has 19 heavy (non-hydrogen) atoms. The first kappa shape index (κ1) is 11.4. The summed E-state index contributed by atoms with van der Waals surface area (Å²) in [6, 6.07) is 5.06. The molecule has 0 saturated heterocycles. The van der Waals surface area contributed by atoms with Crippen LogP contribution in [0.2, 0.25) is 0 Å². The van der Waals surface area contributed by atoms with Crippen LogP contribution in [0.25, 0.3) is 10.9 Å². The maximum Gasteiger partial charge on any atom is 0.307 e. The highest BCUT2D eigenvalue weighted by Gasteiger charge is 2.25. The normalized spacial score (nSPS) is 13.9. The average Bonchev–Trinajstić information content (AvgIpc) is 2.75. The quantitative estimate of drug-likeness (QED) is 0.855. The summed E-state index contributed by atoms with van der Waals surface area (Å²) in [5.74, 6) is -1.48. The van der Waals surface area contributed by atoms with Gasteiger partial charge in [-0.15, -0.1) is 0 Å². The molecule has 0 unspecified atom stereocenters.